The molecule has 0 spiro atoms. The molecule has 0 bridgehead atoms. The summed E-state index contributed by atoms with van der Waals surface area (Å²) in [7, 11) is 0. The van der Waals surface area contributed by atoms with Crippen LogP contribution < -0.4 is 10.6 Å². The third kappa shape index (κ3) is 5.58. The zero-order valence-electron chi connectivity index (χ0n) is 16.8. The van der Waals surface area contributed by atoms with Gasteiger partial charge in [0.2, 0.25) is 5.01 Å². The summed E-state index contributed by atoms with van der Waals surface area (Å²) in [5, 5.41) is 15.8. The van der Waals surface area contributed by atoms with Crippen molar-refractivity contribution in [2.24, 2.45) is 11.3 Å². The molecule has 2 unspecified atom stereocenters. The number of aromatic nitrogens is 2. The molecule has 1 amide bonds. The Labute approximate surface area is 170 Å². The molecule has 1 aromatic carbocycles. The van der Waals surface area contributed by atoms with Crippen LogP contribution in [0.2, 0.25) is 0 Å². The summed E-state index contributed by atoms with van der Waals surface area (Å²) in [5.41, 5.74) is 1.12. The van der Waals surface area contributed by atoms with E-state index in [1.165, 1.54) is 49.2 Å². The number of hydrogen-bond acceptors (Lipinski definition) is 5. The van der Waals surface area contributed by atoms with E-state index >= 15 is 0 Å². The molecular formula is C21H29FN4OS. The fourth-order valence-corrected chi connectivity index (χ4v) is 4.61. The Kier molecular flexibility index (Phi) is 6.78. The van der Waals surface area contributed by atoms with Crippen molar-refractivity contribution >= 4 is 17.2 Å². The highest BCUT2D eigenvalue weighted by molar-refractivity contribution is 7.13. The molecule has 1 saturated carbocycles. The number of rotatable bonds is 6. The molecule has 1 fully saturated rings. The lowest BCUT2D eigenvalue weighted by Crippen LogP contribution is -2.43. The van der Waals surface area contributed by atoms with E-state index in [1.54, 1.807) is 12.1 Å². The number of nitrogens with zero attached hydrogens (tertiary/aromatic N) is 2. The Balaban J connectivity index is 1.51. The Morgan fingerprint density at radius 1 is 1.14 bits per heavy atom. The molecule has 5 nitrogen and oxygen atoms in total. The first-order valence-electron chi connectivity index (χ1n) is 9.91. The van der Waals surface area contributed by atoms with Crippen LogP contribution >= 0.6 is 11.3 Å². The summed E-state index contributed by atoms with van der Waals surface area (Å²) >= 11 is 1.32. The van der Waals surface area contributed by atoms with Crippen LogP contribution in [0.1, 0.15) is 66.8 Å². The molecule has 0 saturated heterocycles. The smallest absolute Gasteiger partial charge is 0.282 e. The van der Waals surface area contributed by atoms with Crippen molar-refractivity contribution in [3.8, 4) is 0 Å². The molecule has 3 rings (SSSR count). The van der Waals surface area contributed by atoms with Gasteiger partial charge in [-0.1, -0.05) is 57.1 Å². The average Bonchev–Trinajstić information content (AvgIpc) is 3.14. The second-order valence-electron chi connectivity index (χ2n) is 8.55. The second kappa shape index (κ2) is 9.09. The quantitative estimate of drug-likeness (QED) is 0.753. The van der Waals surface area contributed by atoms with Gasteiger partial charge in [-0.3, -0.25) is 4.79 Å². The SMILES string of the molecule is CC(C)(C)C1CCCCC1NCc1nnc(C(=O)NCc2ccc(F)cc2)s1. The van der Waals surface area contributed by atoms with Gasteiger partial charge in [0.25, 0.3) is 5.91 Å². The van der Waals surface area contributed by atoms with Crippen LogP contribution in [0, 0.1) is 17.2 Å². The number of amides is 1. The predicted molar refractivity (Wildman–Crippen MR) is 110 cm³/mol. The molecule has 1 aliphatic carbocycles. The highest BCUT2D eigenvalue weighted by Crippen LogP contribution is 2.38. The minimum Gasteiger partial charge on any atom is -0.346 e. The first kappa shape index (κ1) is 20.9. The monoisotopic (exact) mass is 404 g/mol. The number of nitrogens with one attached hydrogen (secondary N) is 2. The van der Waals surface area contributed by atoms with Crippen LogP contribution in [0.15, 0.2) is 24.3 Å². The third-order valence-electron chi connectivity index (χ3n) is 5.42. The standard InChI is InChI=1S/C21H29FN4OS/c1-21(2,3)16-6-4-5-7-17(16)23-13-18-25-26-20(28-18)19(27)24-12-14-8-10-15(22)11-9-14/h8-11,16-17,23H,4-7,12-13H2,1-3H3,(H,24,27). The Morgan fingerprint density at radius 2 is 1.86 bits per heavy atom. The Morgan fingerprint density at radius 3 is 2.57 bits per heavy atom. The molecule has 0 aliphatic heterocycles. The number of carbonyl (C=O) groups excluding carboxylic acids is 1. The van der Waals surface area contributed by atoms with Gasteiger partial charge in [0.1, 0.15) is 10.8 Å². The maximum absolute atomic E-state index is 12.9. The van der Waals surface area contributed by atoms with E-state index in [1.807, 2.05) is 0 Å². The molecule has 1 aliphatic rings. The fraction of sp³-hybridized carbons (Fsp3) is 0.571. The van der Waals surface area contributed by atoms with E-state index in [9.17, 15) is 9.18 Å². The van der Waals surface area contributed by atoms with Gasteiger partial charge in [0.05, 0.1) is 0 Å². The summed E-state index contributed by atoms with van der Waals surface area (Å²) in [6.45, 7) is 7.91. The molecule has 2 N–H and O–H groups in total. The summed E-state index contributed by atoms with van der Waals surface area (Å²) < 4.78 is 12.9. The van der Waals surface area contributed by atoms with Crippen molar-refractivity contribution in [3.05, 3.63) is 45.7 Å². The summed E-state index contributed by atoms with van der Waals surface area (Å²) in [6, 6.07) is 6.55. The number of hydrogen-bond donors (Lipinski definition) is 2. The van der Waals surface area contributed by atoms with E-state index in [2.05, 4.69) is 41.6 Å². The van der Waals surface area contributed by atoms with Crippen LogP contribution in [-0.2, 0) is 13.1 Å². The highest BCUT2D eigenvalue weighted by atomic mass is 32.1. The van der Waals surface area contributed by atoms with Crippen molar-refractivity contribution in [2.75, 3.05) is 0 Å². The zero-order valence-corrected chi connectivity index (χ0v) is 17.6. The Bertz CT molecular complexity index is 784. The van der Waals surface area contributed by atoms with Crippen LogP contribution in [0.3, 0.4) is 0 Å². The average molecular weight is 405 g/mol. The van der Waals surface area contributed by atoms with Gasteiger partial charge in [-0.2, -0.15) is 0 Å². The number of benzene rings is 1. The van der Waals surface area contributed by atoms with Crippen molar-refractivity contribution in [1.29, 1.82) is 0 Å². The molecule has 7 heteroatoms. The van der Waals surface area contributed by atoms with Gasteiger partial charge < -0.3 is 10.6 Å². The van der Waals surface area contributed by atoms with Crippen LogP contribution in [-0.4, -0.2) is 22.1 Å². The summed E-state index contributed by atoms with van der Waals surface area (Å²) in [6.07, 6.45) is 5.01. The molecule has 0 radical (unpaired) electrons. The van der Waals surface area contributed by atoms with E-state index in [4.69, 9.17) is 0 Å². The topological polar surface area (TPSA) is 66.9 Å². The van der Waals surface area contributed by atoms with Gasteiger partial charge in [0, 0.05) is 19.1 Å². The number of halogens is 1. The lowest BCUT2D eigenvalue weighted by atomic mass is 9.69. The van der Waals surface area contributed by atoms with Crippen molar-refractivity contribution < 1.29 is 9.18 Å². The van der Waals surface area contributed by atoms with Crippen molar-refractivity contribution in [1.82, 2.24) is 20.8 Å². The first-order valence-corrected chi connectivity index (χ1v) is 10.7. The van der Waals surface area contributed by atoms with E-state index < -0.39 is 0 Å². The van der Waals surface area contributed by atoms with Crippen molar-refractivity contribution in [2.45, 2.75) is 65.6 Å². The lowest BCUT2D eigenvalue weighted by molar-refractivity contribution is 0.0949. The fourth-order valence-electron chi connectivity index (χ4n) is 3.91. The minimum absolute atomic E-state index is 0.252. The summed E-state index contributed by atoms with van der Waals surface area (Å²) in [4.78, 5) is 12.3. The predicted octanol–water partition coefficient (Wildman–Crippen LogP) is 4.30. The van der Waals surface area contributed by atoms with Crippen molar-refractivity contribution in [3.63, 3.8) is 0 Å². The molecule has 28 heavy (non-hydrogen) atoms. The van der Waals surface area contributed by atoms with Crippen LogP contribution in [0.5, 0.6) is 0 Å². The maximum atomic E-state index is 12.9. The Hall–Kier alpha value is -1.86. The van der Waals surface area contributed by atoms with Crippen LogP contribution in [0.4, 0.5) is 4.39 Å². The maximum Gasteiger partial charge on any atom is 0.282 e. The largest absolute Gasteiger partial charge is 0.346 e. The van der Waals surface area contributed by atoms with E-state index in [-0.39, 0.29) is 17.1 Å². The van der Waals surface area contributed by atoms with E-state index in [0.29, 0.717) is 30.1 Å². The van der Waals surface area contributed by atoms with Gasteiger partial charge in [0.15, 0.2) is 0 Å². The summed E-state index contributed by atoms with van der Waals surface area (Å²) in [5.74, 6) is 0.106. The molecule has 152 valence electrons. The number of carbonyl (C=O) groups is 1. The van der Waals surface area contributed by atoms with Gasteiger partial charge in [-0.15, -0.1) is 10.2 Å². The normalized spacial score (nSPS) is 20.1. The third-order valence-corrected chi connectivity index (χ3v) is 6.34. The molecule has 2 aromatic rings. The molecular weight excluding hydrogens is 375 g/mol. The second-order valence-corrected chi connectivity index (χ2v) is 9.62. The van der Waals surface area contributed by atoms with E-state index in [0.717, 1.165) is 10.6 Å². The molecule has 1 heterocycles. The van der Waals surface area contributed by atoms with Gasteiger partial charge >= 0.3 is 0 Å². The van der Waals surface area contributed by atoms with Crippen LogP contribution in [0.25, 0.3) is 0 Å². The lowest BCUT2D eigenvalue weighted by Gasteiger charge is -2.40. The van der Waals surface area contributed by atoms with Gasteiger partial charge in [-0.05, 0) is 41.9 Å². The molecule has 1 aromatic heterocycles. The first-order chi connectivity index (χ1) is 13.3. The minimum atomic E-state index is -0.289. The van der Waals surface area contributed by atoms with Gasteiger partial charge in [-0.25, -0.2) is 4.39 Å². The zero-order chi connectivity index (χ0) is 20.1. The molecule has 2 atom stereocenters. The highest BCUT2D eigenvalue weighted by Gasteiger charge is 2.33.